The van der Waals surface area contributed by atoms with Crippen LogP contribution in [-0.2, 0) is 5.41 Å². The second kappa shape index (κ2) is 14.8. The Kier molecular flexibility index (Phi) is 15.2. The molecule has 0 aliphatic rings. The van der Waals surface area contributed by atoms with Crippen molar-refractivity contribution in [2.75, 3.05) is 0 Å². The summed E-state index contributed by atoms with van der Waals surface area (Å²) < 4.78 is 0. The van der Waals surface area contributed by atoms with Gasteiger partial charge in [0, 0.05) is 0 Å². The Morgan fingerprint density at radius 3 is 0.920 bits per heavy atom. The van der Waals surface area contributed by atoms with E-state index in [4.69, 9.17) is 0 Å². The van der Waals surface area contributed by atoms with Gasteiger partial charge in [0.1, 0.15) is 0 Å². The van der Waals surface area contributed by atoms with E-state index in [1.54, 1.807) is 0 Å². The minimum absolute atomic E-state index is 0.285. The molecule has 142 valence electrons. The van der Waals surface area contributed by atoms with Crippen LogP contribution < -0.4 is 0 Å². The third-order valence-corrected chi connectivity index (χ3v) is 3.14. The van der Waals surface area contributed by atoms with Crippen LogP contribution in [0.2, 0.25) is 0 Å². The highest BCUT2D eigenvalue weighted by Gasteiger charge is 2.11. The van der Waals surface area contributed by atoms with Crippen LogP contribution in [0.3, 0.4) is 0 Å². The maximum absolute atomic E-state index is 2.23. The molecule has 0 aliphatic heterocycles. The van der Waals surface area contributed by atoms with Crippen molar-refractivity contribution in [1.29, 1.82) is 0 Å². The topological polar surface area (TPSA) is 0 Å². The van der Waals surface area contributed by atoms with Crippen molar-refractivity contribution in [3.63, 3.8) is 0 Å². The molecule has 2 rings (SSSR count). The van der Waals surface area contributed by atoms with Crippen molar-refractivity contribution < 1.29 is 0 Å². The maximum atomic E-state index is 2.23. The summed E-state index contributed by atoms with van der Waals surface area (Å²) in [6.07, 6.45) is 2.50. The van der Waals surface area contributed by atoms with Gasteiger partial charge in [-0.05, 0) is 31.7 Å². The molecule has 0 unspecified atom stereocenters. The minimum Gasteiger partial charge on any atom is -0.0656 e. The molecule has 0 aliphatic carbocycles. The fourth-order valence-corrected chi connectivity index (χ4v) is 1.69. The number of aryl methyl sites for hydroxylation is 3. The number of hydrogen-bond acceptors (Lipinski definition) is 0. The normalized spacial score (nSPS) is 9.52. The number of rotatable bonds is 0. The van der Waals surface area contributed by atoms with Crippen molar-refractivity contribution in [2.45, 2.75) is 87.5 Å². The van der Waals surface area contributed by atoms with E-state index < -0.39 is 0 Å². The molecular weight excluding hydrogens is 300 g/mol. The molecule has 0 heterocycles. The van der Waals surface area contributed by atoms with Crippen molar-refractivity contribution >= 4 is 0 Å². The van der Waals surface area contributed by atoms with E-state index in [0.29, 0.717) is 0 Å². The fraction of sp³-hybridized carbons (Fsp3) is 0.520. The first kappa shape index (κ1) is 25.7. The average molecular weight is 343 g/mol. The SMILES string of the molecule is CCC.CCC.Cc1ccc(C(C)(C)C)cc1.Cc1ccc(C)cc1. The maximum Gasteiger partial charge on any atom is -0.0132 e. The van der Waals surface area contributed by atoms with Crippen molar-refractivity contribution in [3.05, 3.63) is 70.8 Å². The van der Waals surface area contributed by atoms with Gasteiger partial charge in [-0.3, -0.25) is 0 Å². The van der Waals surface area contributed by atoms with Crippen LogP contribution in [0, 0.1) is 20.8 Å². The van der Waals surface area contributed by atoms with Crippen LogP contribution in [0.25, 0.3) is 0 Å². The first-order valence-electron chi connectivity index (χ1n) is 9.72. The third kappa shape index (κ3) is 15.7. The molecule has 0 saturated heterocycles. The van der Waals surface area contributed by atoms with Gasteiger partial charge in [-0.15, -0.1) is 0 Å². The molecule has 2 aromatic rings. The largest absolute Gasteiger partial charge is 0.0656 e. The Balaban J connectivity index is 0. The summed E-state index contributed by atoms with van der Waals surface area (Å²) in [5.74, 6) is 0. The fourth-order valence-electron chi connectivity index (χ4n) is 1.69. The van der Waals surface area contributed by atoms with Gasteiger partial charge in [-0.1, -0.05) is 127 Å². The van der Waals surface area contributed by atoms with Crippen LogP contribution in [-0.4, -0.2) is 0 Å². The Bertz CT molecular complexity index is 486. The zero-order valence-electron chi connectivity index (χ0n) is 18.5. The predicted molar refractivity (Wildman–Crippen MR) is 118 cm³/mol. The molecule has 0 saturated carbocycles. The van der Waals surface area contributed by atoms with E-state index in [1.807, 2.05) is 0 Å². The predicted octanol–water partition coefficient (Wildman–Crippen LogP) is 8.43. The van der Waals surface area contributed by atoms with Crippen molar-refractivity contribution in [2.24, 2.45) is 0 Å². The van der Waals surface area contributed by atoms with Gasteiger partial charge >= 0.3 is 0 Å². The molecule has 0 fully saturated rings. The molecule has 0 aromatic heterocycles. The summed E-state index contributed by atoms with van der Waals surface area (Å²) in [6.45, 7) is 21.5. The summed E-state index contributed by atoms with van der Waals surface area (Å²) in [5.41, 5.74) is 5.68. The second-order valence-electron chi connectivity index (χ2n) is 7.68. The molecule has 0 bridgehead atoms. The first-order valence-corrected chi connectivity index (χ1v) is 9.72. The lowest BCUT2D eigenvalue weighted by Crippen LogP contribution is -2.10. The lowest BCUT2D eigenvalue weighted by atomic mass is 9.87. The van der Waals surface area contributed by atoms with Gasteiger partial charge in [0.25, 0.3) is 0 Å². The van der Waals surface area contributed by atoms with Crippen LogP contribution in [0.1, 0.15) is 83.6 Å². The first-order chi connectivity index (χ1) is 11.6. The quantitative estimate of drug-likeness (QED) is 0.450. The average Bonchev–Trinajstić information content (AvgIpc) is 2.52. The van der Waals surface area contributed by atoms with Crippen LogP contribution in [0.5, 0.6) is 0 Å². The van der Waals surface area contributed by atoms with E-state index in [1.165, 1.54) is 35.1 Å². The summed E-state index contributed by atoms with van der Waals surface area (Å²) in [7, 11) is 0. The molecule has 0 amide bonds. The van der Waals surface area contributed by atoms with Gasteiger partial charge in [0.05, 0.1) is 0 Å². The van der Waals surface area contributed by atoms with E-state index in [2.05, 4.69) is 118 Å². The van der Waals surface area contributed by atoms with E-state index in [0.717, 1.165) is 0 Å². The Morgan fingerprint density at radius 1 is 0.520 bits per heavy atom. The zero-order chi connectivity index (χ0) is 19.9. The third-order valence-electron chi connectivity index (χ3n) is 3.14. The second-order valence-corrected chi connectivity index (χ2v) is 7.68. The Hall–Kier alpha value is -1.56. The van der Waals surface area contributed by atoms with E-state index in [9.17, 15) is 0 Å². The Morgan fingerprint density at radius 2 is 0.720 bits per heavy atom. The highest BCUT2D eigenvalue weighted by molar-refractivity contribution is 5.26. The summed E-state index contributed by atoms with van der Waals surface area (Å²) >= 11 is 0. The molecule has 0 nitrogen and oxygen atoms in total. The van der Waals surface area contributed by atoms with E-state index in [-0.39, 0.29) is 5.41 Å². The smallest absolute Gasteiger partial charge is 0.0132 e. The monoisotopic (exact) mass is 342 g/mol. The number of benzene rings is 2. The van der Waals surface area contributed by atoms with Gasteiger partial charge < -0.3 is 0 Å². The van der Waals surface area contributed by atoms with Crippen LogP contribution in [0.4, 0.5) is 0 Å². The molecule has 2 aromatic carbocycles. The molecule has 0 N–H and O–H groups in total. The lowest BCUT2D eigenvalue weighted by Gasteiger charge is -2.18. The number of hydrogen-bond donors (Lipinski definition) is 0. The van der Waals surface area contributed by atoms with Crippen LogP contribution >= 0.6 is 0 Å². The van der Waals surface area contributed by atoms with Crippen molar-refractivity contribution in [1.82, 2.24) is 0 Å². The highest BCUT2D eigenvalue weighted by atomic mass is 14.2. The standard InChI is InChI=1S/C11H16.C8H10.2C3H8/c1-9-5-7-10(8-6-9)11(2,3)4;1-7-3-5-8(2)6-4-7;2*1-3-2/h5-8H,1-4H3;3-6H,1-2H3;2*3H2,1-2H3. The lowest BCUT2D eigenvalue weighted by molar-refractivity contribution is 0.590. The van der Waals surface area contributed by atoms with Gasteiger partial charge in [-0.25, -0.2) is 0 Å². The zero-order valence-corrected chi connectivity index (χ0v) is 18.5. The summed E-state index contributed by atoms with van der Waals surface area (Å²) in [5, 5.41) is 0. The molecule has 0 heteroatoms. The molecule has 25 heavy (non-hydrogen) atoms. The summed E-state index contributed by atoms with van der Waals surface area (Å²) in [4.78, 5) is 0. The highest BCUT2D eigenvalue weighted by Crippen LogP contribution is 2.21. The minimum atomic E-state index is 0.285. The van der Waals surface area contributed by atoms with Gasteiger partial charge in [0.2, 0.25) is 0 Å². The van der Waals surface area contributed by atoms with Crippen molar-refractivity contribution in [3.8, 4) is 0 Å². The van der Waals surface area contributed by atoms with E-state index >= 15 is 0 Å². The van der Waals surface area contributed by atoms with Gasteiger partial charge in [-0.2, -0.15) is 0 Å². The molecule has 0 atom stereocenters. The molecular formula is C25H42. The van der Waals surface area contributed by atoms with Gasteiger partial charge in [0.15, 0.2) is 0 Å². The Labute approximate surface area is 158 Å². The molecule has 0 spiro atoms. The van der Waals surface area contributed by atoms with Crippen LogP contribution in [0.15, 0.2) is 48.5 Å². The summed E-state index contributed by atoms with van der Waals surface area (Å²) in [6, 6.07) is 17.2. The molecule has 0 radical (unpaired) electrons.